The van der Waals surface area contributed by atoms with E-state index in [4.69, 9.17) is 43.1 Å². The van der Waals surface area contributed by atoms with E-state index in [-0.39, 0.29) is 19.8 Å². The summed E-state index contributed by atoms with van der Waals surface area (Å²) < 4.78 is 86.2. The van der Waals surface area contributed by atoms with Gasteiger partial charge in [0.25, 0.3) is 0 Å². The lowest BCUT2D eigenvalue weighted by Crippen LogP contribution is -2.67. The summed E-state index contributed by atoms with van der Waals surface area (Å²) in [5.41, 5.74) is 0. The van der Waals surface area contributed by atoms with Crippen LogP contribution in [0.15, 0.2) is 0 Å². The van der Waals surface area contributed by atoms with Crippen LogP contribution in [0, 0.1) is 0 Å². The van der Waals surface area contributed by atoms with Crippen LogP contribution in [0.2, 0.25) is 0 Å². The molecule has 0 heterocycles. The molecule has 6 N–H and O–H groups in total. The Kier molecular flexibility index (Phi) is 20.2. The molecule has 0 aliphatic heterocycles. The van der Waals surface area contributed by atoms with Gasteiger partial charge in [-0.3, -0.25) is 27.1 Å². The van der Waals surface area contributed by atoms with Gasteiger partial charge in [-0.2, -0.15) is 0 Å². The number of phosphoric ester groups is 3. The monoisotopic (exact) mass is 762 g/mol. The molecule has 5 unspecified atom stereocenters. The average Bonchev–Trinajstić information content (AvgIpc) is 2.98. The highest BCUT2D eigenvalue weighted by atomic mass is 31.2. The summed E-state index contributed by atoms with van der Waals surface area (Å²) in [5, 5.41) is 26.9. The van der Waals surface area contributed by atoms with Gasteiger partial charge in [0, 0.05) is 19.8 Å². The third-order valence-corrected chi connectivity index (χ3v) is 9.08. The highest BCUT2D eigenvalue weighted by Crippen LogP contribution is 2.55. The fourth-order valence-electron chi connectivity index (χ4n) is 4.10. The Morgan fingerprint density at radius 3 is 0.938 bits per heavy atom. The number of hydrogen-bond donors (Lipinski definition) is 6. The van der Waals surface area contributed by atoms with Gasteiger partial charge in [0.2, 0.25) is 0 Å². The summed E-state index contributed by atoms with van der Waals surface area (Å²) in [7, 11) is -16.5. The van der Waals surface area contributed by atoms with E-state index in [0.29, 0.717) is 38.5 Å². The highest BCUT2D eigenvalue weighted by molar-refractivity contribution is 7.48. The number of rotatable bonds is 27. The van der Waals surface area contributed by atoms with Crippen molar-refractivity contribution in [1.82, 2.24) is 0 Å². The van der Waals surface area contributed by atoms with Crippen LogP contribution in [0.1, 0.15) is 59.3 Å². The normalized spacial score (nSPS) is 26.6. The predicted octanol–water partition coefficient (Wildman–Crippen LogP) is 2.32. The van der Waals surface area contributed by atoms with Crippen molar-refractivity contribution in [3.63, 3.8) is 0 Å². The zero-order valence-corrected chi connectivity index (χ0v) is 29.3. The van der Waals surface area contributed by atoms with Crippen molar-refractivity contribution in [2.24, 2.45) is 0 Å². The Balaban J connectivity index is 3.99. The van der Waals surface area contributed by atoms with Crippen molar-refractivity contribution in [2.45, 2.75) is 95.9 Å². The second kappa shape index (κ2) is 21.8. The van der Waals surface area contributed by atoms with Crippen molar-refractivity contribution in [3.05, 3.63) is 0 Å². The lowest BCUT2D eigenvalue weighted by Gasteiger charge is -2.49. The number of hydrogen-bond acceptors (Lipinski definition) is 15. The molecule has 282 valence electrons. The molecule has 1 fully saturated rings. The molecule has 1 aliphatic carbocycles. The van der Waals surface area contributed by atoms with E-state index in [9.17, 15) is 42.8 Å². The molecule has 9 atom stereocenters. The van der Waals surface area contributed by atoms with E-state index in [1.165, 1.54) is 0 Å². The van der Waals surface area contributed by atoms with Gasteiger partial charge in [0.1, 0.15) is 36.6 Å². The maximum atomic E-state index is 13.0. The second-order valence-electron chi connectivity index (χ2n) is 10.2. The number of ether oxygens (including phenoxy) is 3. The quantitative estimate of drug-likeness (QED) is 0.0516. The van der Waals surface area contributed by atoms with Crippen molar-refractivity contribution in [3.8, 4) is 0 Å². The average molecular weight is 763 g/mol. The number of aliphatic carboxylic acids is 3. The molecule has 0 spiro atoms. The first kappa shape index (κ1) is 44.6. The Morgan fingerprint density at radius 1 is 0.479 bits per heavy atom. The molecule has 0 radical (unpaired) electrons. The van der Waals surface area contributed by atoms with Gasteiger partial charge >= 0.3 is 41.4 Å². The summed E-state index contributed by atoms with van der Waals surface area (Å²) in [6.45, 7) is 1.12. The fraction of sp³-hybridized carbons (Fsp3) is 0.875. The molecule has 1 aliphatic rings. The maximum Gasteiger partial charge on any atom is 0.473 e. The summed E-state index contributed by atoms with van der Waals surface area (Å²) in [6.07, 6.45) is -8.41. The summed E-state index contributed by atoms with van der Waals surface area (Å²) in [6, 6.07) is 0. The molecule has 0 aromatic heterocycles. The predicted molar refractivity (Wildman–Crippen MR) is 159 cm³/mol. The zero-order valence-electron chi connectivity index (χ0n) is 26.6. The van der Waals surface area contributed by atoms with Crippen LogP contribution < -0.4 is 0 Å². The lowest BCUT2D eigenvalue weighted by atomic mass is 9.84. The molecule has 48 heavy (non-hydrogen) atoms. The molecule has 1 rings (SSSR count). The largest absolute Gasteiger partial charge is 0.480 e. The van der Waals surface area contributed by atoms with Crippen LogP contribution in [0.3, 0.4) is 0 Å². The molecule has 1 saturated carbocycles. The third kappa shape index (κ3) is 17.0. The molecule has 0 aromatic rings. The Bertz CT molecular complexity index is 1090. The molecule has 0 amide bonds. The standard InChI is InChI=1S/C24H45O21P3/c1-4-7-10-37-19-20(38-11-8-5-2)22(43-46(31,32)40-13-16(25)26)24(45-48(35,36)42-15-18(29)30)23(21(19)39-12-9-6-3)44-47(33,34)41-14-17(27)28/h19-24H,4-15H2,1-3H3,(H,25,26)(H,27,28)(H,29,30)(H,31,32)(H,33,34)(H,35,36)/t19?,20-,21+,22-,23-,24?/m0/s1. The van der Waals surface area contributed by atoms with Crippen LogP contribution in [-0.4, -0.2) is 124 Å². The molecule has 24 heteroatoms. The molecule has 0 saturated heterocycles. The number of carbonyl (C=O) groups is 3. The minimum Gasteiger partial charge on any atom is -0.480 e. The summed E-state index contributed by atoms with van der Waals surface area (Å²) in [4.78, 5) is 64.7. The molecular weight excluding hydrogens is 717 g/mol. The smallest absolute Gasteiger partial charge is 0.473 e. The summed E-state index contributed by atoms with van der Waals surface area (Å²) in [5.74, 6) is -5.10. The minimum atomic E-state index is -5.55. The first-order valence-corrected chi connectivity index (χ1v) is 19.3. The van der Waals surface area contributed by atoms with E-state index >= 15 is 0 Å². The van der Waals surface area contributed by atoms with Crippen LogP contribution in [-0.2, 0) is 69.4 Å². The number of unbranched alkanes of at least 4 members (excludes halogenated alkanes) is 3. The van der Waals surface area contributed by atoms with Crippen molar-refractivity contribution in [2.75, 3.05) is 39.6 Å². The van der Waals surface area contributed by atoms with Crippen LogP contribution in [0.25, 0.3) is 0 Å². The van der Waals surface area contributed by atoms with Gasteiger partial charge in [-0.25, -0.2) is 28.1 Å². The second-order valence-corrected chi connectivity index (χ2v) is 14.4. The van der Waals surface area contributed by atoms with Crippen LogP contribution >= 0.6 is 23.5 Å². The minimum absolute atomic E-state index is 0.0216. The van der Waals surface area contributed by atoms with E-state index in [0.717, 1.165) is 0 Å². The lowest BCUT2D eigenvalue weighted by molar-refractivity contribution is -0.249. The number of carboxylic acid groups (broad SMARTS) is 3. The Labute approximate surface area is 276 Å². The van der Waals surface area contributed by atoms with Crippen molar-refractivity contribution in [1.29, 1.82) is 0 Å². The Hall–Kier alpha value is -1.38. The zero-order chi connectivity index (χ0) is 36.5. The highest BCUT2D eigenvalue weighted by Gasteiger charge is 2.60. The van der Waals surface area contributed by atoms with Crippen LogP contribution in [0.5, 0.6) is 0 Å². The molecule has 0 aromatic carbocycles. The summed E-state index contributed by atoms with van der Waals surface area (Å²) >= 11 is 0. The Morgan fingerprint density at radius 2 is 0.708 bits per heavy atom. The van der Waals surface area contributed by atoms with Gasteiger partial charge in [0.05, 0.1) is 0 Å². The number of carboxylic acids is 3. The fourth-order valence-corrected chi connectivity index (χ4v) is 6.75. The molecule has 21 nitrogen and oxygen atoms in total. The topological polar surface area (TPSA) is 307 Å². The van der Waals surface area contributed by atoms with E-state index in [2.05, 4.69) is 13.6 Å². The van der Waals surface area contributed by atoms with Crippen LogP contribution in [0.4, 0.5) is 0 Å². The van der Waals surface area contributed by atoms with E-state index in [1.807, 2.05) is 6.92 Å². The maximum absolute atomic E-state index is 13.0. The SMILES string of the molecule is CCCCOC1[C@@H](OCCCC)[C@H](OP(=O)(O)OCC(=O)O)C(OP(=O)(O)OCC(=O)O)[C@@H](OP(=O)(O)OCC(=O)O)[C@H]1OCCCC. The van der Waals surface area contributed by atoms with Gasteiger partial charge in [0.15, 0.2) is 19.8 Å². The van der Waals surface area contributed by atoms with Gasteiger partial charge in [-0.05, 0) is 19.3 Å². The van der Waals surface area contributed by atoms with Gasteiger partial charge in [-0.15, -0.1) is 0 Å². The van der Waals surface area contributed by atoms with Gasteiger partial charge < -0.3 is 44.2 Å². The van der Waals surface area contributed by atoms with Crippen molar-refractivity contribution >= 4 is 41.4 Å². The number of phosphoric acid groups is 3. The first-order chi connectivity index (χ1) is 22.4. The van der Waals surface area contributed by atoms with E-state index in [1.54, 1.807) is 13.8 Å². The van der Waals surface area contributed by atoms with Gasteiger partial charge in [-0.1, -0.05) is 40.0 Å². The first-order valence-electron chi connectivity index (χ1n) is 14.9. The molecular formula is C24H45O21P3. The van der Waals surface area contributed by atoms with Crippen molar-refractivity contribution < 1.29 is 99.4 Å². The third-order valence-electron chi connectivity index (χ3n) is 6.19. The molecule has 0 bridgehead atoms. The van der Waals surface area contributed by atoms with E-state index < -0.39 is 97.8 Å².